The lowest BCUT2D eigenvalue weighted by atomic mass is 10.2. The Kier molecular flexibility index (Phi) is 5.81. The van der Waals surface area contributed by atoms with Crippen molar-refractivity contribution in [3.63, 3.8) is 0 Å². The number of hydrogen-bond acceptors (Lipinski definition) is 9. The van der Waals surface area contributed by atoms with E-state index in [-0.39, 0.29) is 23.5 Å². The molecule has 0 amide bonds. The number of halogens is 2. The van der Waals surface area contributed by atoms with Gasteiger partial charge in [-0.25, -0.2) is 22.2 Å². The molecule has 154 valence electrons. The summed E-state index contributed by atoms with van der Waals surface area (Å²) in [5, 5.41) is 20.2. The van der Waals surface area contributed by atoms with Crippen LogP contribution in [-0.2, 0) is 15.6 Å². The molecule has 0 saturated carbocycles. The molecule has 0 aliphatic heterocycles. The first-order valence-electron chi connectivity index (χ1n) is 8.17. The van der Waals surface area contributed by atoms with Crippen molar-refractivity contribution in [2.75, 3.05) is 18.5 Å². The second-order valence-electron chi connectivity index (χ2n) is 5.99. The van der Waals surface area contributed by atoms with Crippen LogP contribution in [0.5, 0.6) is 0 Å². The van der Waals surface area contributed by atoms with Crippen LogP contribution in [0.4, 0.5) is 14.6 Å². The van der Waals surface area contributed by atoms with Gasteiger partial charge in [-0.15, -0.1) is 0 Å². The van der Waals surface area contributed by atoms with Gasteiger partial charge in [0.2, 0.25) is 9.84 Å². The van der Waals surface area contributed by atoms with Crippen molar-refractivity contribution in [2.45, 2.75) is 17.0 Å². The highest BCUT2D eigenvalue weighted by molar-refractivity contribution is 7.90. The molecule has 1 unspecified atom stereocenters. The van der Waals surface area contributed by atoms with Gasteiger partial charge in [0.1, 0.15) is 5.52 Å². The smallest absolute Gasteiger partial charge is 0.268 e. The maximum absolute atomic E-state index is 13.9. The van der Waals surface area contributed by atoms with Crippen molar-refractivity contribution in [1.29, 1.82) is 0 Å². The van der Waals surface area contributed by atoms with Crippen LogP contribution in [0.2, 0.25) is 0 Å². The van der Waals surface area contributed by atoms with E-state index in [1.807, 2.05) is 0 Å². The molecule has 0 aliphatic rings. The Labute approximate surface area is 162 Å². The highest BCUT2D eigenvalue weighted by atomic mass is 32.2. The third kappa shape index (κ3) is 4.52. The number of fused-ring (bicyclic) bond motifs is 1. The summed E-state index contributed by atoms with van der Waals surface area (Å²) in [4.78, 5) is 25.3. The Bertz CT molecular complexity index is 1220. The number of anilines is 1. The van der Waals surface area contributed by atoms with Gasteiger partial charge >= 0.3 is 0 Å². The zero-order chi connectivity index (χ0) is 21.2. The van der Waals surface area contributed by atoms with Gasteiger partial charge in [0, 0.05) is 12.1 Å². The topological polar surface area (TPSA) is 158 Å². The molecule has 0 bridgehead atoms. The lowest BCUT2D eigenvalue weighted by Gasteiger charge is -2.12. The number of nitrogens with zero attached hydrogens (tertiary/aromatic N) is 3. The van der Waals surface area contributed by atoms with Gasteiger partial charge in [0.05, 0.1) is 24.7 Å². The summed E-state index contributed by atoms with van der Waals surface area (Å²) in [5.41, 5.74) is -1.28. The molecule has 2 heterocycles. The summed E-state index contributed by atoms with van der Waals surface area (Å²) in [6.07, 6.45) is -0.250. The lowest BCUT2D eigenvalue weighted by Crippen LogP contribution is -2.24. The van der Waals surface area contributed by atoms with Gasteiger partial charge in [0.25, 0.3) is 10.7 Å². The van der Waals surface area contributed by atoms with Crippen LogP contribution in [0.3, 0.4) is 0 Å². The van der Waals surface area contributed by atoms with Crippen LogP contribution in [0.1, 0.15) is 5.56 Å². The first-order chi connectivity index (χ1) is 13.7. The molecule has 1 aromatic carbocycles. The largest absolute Gasteiger partial charge is 0.394 e. The van der Waals surface area contributed by atoms with E-state index in [1.54, 1.807) is 0 Å². The Morgan fingerprint density at radius 3 is 2.72 bits per heavy atom. The fourth-order valence-corrected chi connectivity index (χ4v) is 3.61. The summed E-state index contributed by atoms with van der Waals surface area (Å²) in [7, 11) is -4.35. The number of nitrogens with one attached hydrogen (secondary N) is 2. The standard InChI is InChI=1S/C16H15F2N5O5S/c17-10-3-1-2-8(12(10)18)7-29(27,28)16-22-14(20-4-9(25)6-24)13-15(23-16)21-11(26)5-19-13/h1-3,5,9,24-25H,4,6-7H2,(H2,20,21,22,23,26). The third-order valence-electron chi connectivity index (χ3n) is 3.79. The van der Waals surface area contributed by atoms with Crippen molar-refractivity contribution in [3.8, 4) is 0 Å². The van der Waals surface area contributed by atoms with Crippen LogP contribution in [0.25, 0.3) is 11.2 Å². The average molecular weight is 427 g/mol. The molecule has 3 aromatic rings. The molecule has 10 nitrogen and oxygen atoms in total. The number of benzene rings is 1. The summed E-state index contributed by atoms with van der Waals surface area (Å²) in [5.74, 6) is -3.58. The first-order valence-corrected chi connectivity index (χ1v) is 9.82. The molecule has 29 heavy (non-hydrogen) atoms. The van der Waals surface area contributed by atoms with Crippen molar-refractivity contribution >= 4 is 26.8 Å². The maximum Gasteiger partial charge on any atom is 0.268 e. The second kappa shape index (κ2) is 8.14. The van der Waals surface area contributed by atoms with E-state index >= 15 is 0 Å². The summed E-state index contributed by atoms with van der Waals surface area (Å²) in [6.45, 7) is -0.772. The molecule has 4 N–H and O–H groups in total. The molecular weight excluding hydrogens is 412 g/mol. The number of aliphatic hydroxyl groups excluding tert-OH is 2. The van der Waals surface area contributed by atoms with E-state index in [2.05, 4.69) is 25.3 Å². The number of aromatic amines is 1. The minimum absolute atomic E-state index is 0.00521. The first kappa shape index (κ1) is 20.7. The van der Waals surface area contributed by atoms with Crippen molar-refractivity contribution in [3.05, 3.63) is 51.9 Å². The van der Waals surface area contributed by atoms with E-state index in [4.69, 9.17) is 5.11 Å². The Morgan fingerprint density at radius 1 is 1.24 bits per heavy atom. The molecule has 0 spiro atoms. The SMILES string of the molecule is O=c1cnc2c(NCC(O)CO)nc(S(=O)(=O)Cc3cccc(F)c3F)nc2[nH]1. The summed E-state index contributed by atoms with van der Waals surface area (Å²) >= 11 is 0. The van der Waals surface area contributed by atoms with Gasteiger partial charge in [-0.1, -0.05) is 12.1 Å². The van der Waals surface area contributed by atoms with E-state index < -0.39 is 56.2 Å². The van der Waals surface area contributed by atoms with E-state index in [0.717, 1.165) is 24.4 Å². The van der Waals surface area contributed by atoms with Crippen LogP contribution in [0.15, 0.2) is 34.3 Å². The van der Waals surface area contributed by atoms with Gasteiger partial charge in [0.15, 0.2) is 23.1 Å². The molecule has 0 aliphatic carbocycles. The van der Waals surface area contributed by atoms with Crippen LogP contribution < -0.4 is 10.9 Å². The molecule has 13 heteroatoms. The number of H-pyrrole nitrogens is 1. The fraction of sp³-hybridized carbons (Fsp3) is 0.250. The average Bonchev–Trinajstić information content (AvgIpc) is 2.68. The van der Waals surface area contributed by atoms with E-state index in [1.165, 1.54) is 0 Å². The number of rotatable bonds is 7. The number of sulfone groups is 1. The molecule has 1 atom stereocenters. The Morgan fingerprint density at radius 2 is 2.00 bits per heavy atom. The van der Waals surface area contributed by atoms with Crippen molar-refractivity contribution in [2.24, 2.45) is 0 Å². The highest BCUT2D eigenvalue weighted by Crippen LogP contribution is 2.22. The molecular formula is C16H15F2N5O5S. The number of aliphatic hydroxyl groups is 2. The zero-order valence-electron chi connectivity index (χ0n) is 14.6. The Hall–Kier alpha value is -3.03. The van der Waals surface area contributed by atoms with Crippen LogP contribution in [0, 0.1) is 11.6 Å². The molecule has 2 aromatic heterocycles. The second-order valence-corrected chi connectivity index (χ2v) is 7.87. The molecule has 0 saturated heterocycles. The lowest BCUT2D eigenvalue weighted by molar-refractivity contribution is 0.105. The zero-order valence-corrected chi connectivity index (χ0v) is 15.4. The van der Waals surface area contributed by atoms with E-state index in [0.29, 0.717) is 0 Å². The van der Waals surface area contributed by atoms with Gasteiger partial charge < -0.3 is 20.5 Å². The number of hydrogen-bond donors (Lipinski definition) is 4. The van der Waals surface area contributed by atoms with Crippen LogP contribution in [-0.4, -0.2) is 57.8 Å². The quantitative estimate of drug-likeness (QED) is 0.372. The normalized spacial score (nSPS) is 12.8. The summed E-state index contributed by atoms with van der Waals surface area (Å²) < 4.78 is 52.7. The molecule has 3 rings (SSSR count). The van der Waals surface area contributed by atoms with Gasteiger partial charge in [-0.3, -0.25) is 4.79 Å². The maximum atomic E-state index is 13.9. The molecule has 0 radical (unpaired) electrons. The minimum Gasteiger partial charge on any atom is -0.394 e. The monoisotopic (exact) mass is 427 g/mol. The van der Waals surface area contributed by atoms with Gasteiger partial charge in [-0.05, 0) is 6.07 Å². The minimum atomic E-state index is -4.35. The van der Waals surface area contributed by atoms with Crippen molar-refractivity contribution < 1.29 is 27.4 Å². The number of aromatic nitrogens is 4. The summed E-state index contributed by atoms with van der Waals surface area (Å²) in [6, 6.07) is 3.12. The predicted molar refractivity (Wildman–Crippen MR) is 96.8 cm³/mol. The van der Waals surface area contributed by atoms with Gasteiger partial charge in [-0.2, -0.15) is 9.97 Å². The fourth-order valence-electron chi connectivity index (χ4n) is 2.39. The van der Waals surface area contributed by atoms with E-state index in [9.17, 15) is 27.1 Å². The highest BCUT2D eigenvalue weighted by Gasteiger charge is 2.24. The predicted octanol–water partition coefficient (Wildman–Crippen LogP) is -0.270. The Balaban J connectivity index is 2.07. The molecule has 0 fully saturated rings. The third-order valence-corrected chi connectivity index (χ3v) is 5.22. The van der Waals surface area contributed by atoms with Crippen molar-refractivity contribution in [1.82, 2.24) is 19.9 Å². The van der Waals surface area contributed by atoms with Crippen LogP contribution >= 0.6 is 0 Å².